The van der Waals surface area contributed by atoms with Gasteiger partial charge in [-0.25, -0.2) is 9.97 Å². The minimum atomic E-state index is -5.16. The van der Waals surface area contributed by atoms with Gasteiger partial charge in [0.1, 0.15) is 0 Å². The summed E-state index contributed by atoms with van der Waals surface area (Å²) in [6.45, 7) is 0. The number of carbonyl (C=O) groups is 2. The van der Waals surface area contributed by atoms with E-state index in [9.17, 15) is 35.9 Å². The number of aromatic nitrogens is 2. The number of rotatable bonds is 4. The number of amides is 2. The van der Waals surface area contributed by atoms with E-state index in [4.69, 9.17) is 0 Å². The molecule has 1 aliphatic rings. The highest BCUT2D eigenvalue weighted by atomic mass is 19.4. The average molecular weight is 447 g/mol. The number of hydrogen-bond acceptors (Lipinski definition) is 5. The Kier molecular flexibility index (Phi) is 5.79. The molecule has 0 aliphatic heterocycles. The van der Waals surface area contributed by atoms with Crippen molar-refractivity contribution in [2.24, 2.45) is 0 Å². The summed E-state index contributed by atoms with van der Waals surface area (Å²) in [7, 11) is 0. The molecule has 1 heterocycles. The highest BCUT2D eigenvalue weighted by Crippen LogP contribution is 2.44. The molecule has 1 saturated carbocycles. The lowest BCUT2D eigenvalue weighted by Gasteiger charge is -2.43. The average Bonchev–Trinajstić information content (AvgIpc) is 2.68. The monoisotopic (exact) mass is 447 g/mol. The van der Waals surface area contributed by atoms with Gasteiger partial charge in [-0.3, -0.25) is 20.4 Å². The van der Waals surface area contributed by atoms with E-state index in [1.807, 2.05) is 0 Å². The molecule has 1 aliphatic carbocycles. The number of benzene rings is 1. The molecule has 3 N–H and O–H groups in total. The van der Waals surface area contributed by atoms with E-state index in [1.54, 1.807) is 5.43 Å². The van der Waals surface area contributed by atoms with E-state index >= 15 is 0 Å². The number of nitrogens with zero attached hydrogens (tertiary/aromatic N) is 2. The summed E-state index contributed by atoms with van der Waals surface area (Å²) in [6.07, 6.45) is -5.48. The lowest BCUT2D eigenvalue weighted by atomic mass is 9.71. The molecule has 7 nitrogen and oxygen atoms in total. The fourth-order valence-electron chi connectivity index (χ4n) is 2.97. The van der Waals surface area contributed by atoms with Crippen molar-refractivity contribution in [2.75, 3.05) is 5.32 Å². The molecular weight excluding hydrogens is 432 g/mol. The molecule has 0 radical (unpaired) electrons. The van der Waals surface area contributed by atoms with Crippen LogP contribution in [0.1, 0.15) is 40.7 Å². The van der Waals surface area contributed by atoms with Crippen LogP contribution < -0.4 is 16.2 Å². The summed E-state index contributed by atoms with van der Waals surface area (Å²) in [6, 6.07) is 4.72. The first-order valence-corrected chi connectivity index (χ1v) is 8.86. The Bertz CT molecular complexity index is 953. The van der Waals surface area contributed by atoms with Crippen LogP contribution in [0.2, 0.25) is 0 Å². The zero-order valence-corrected chi connectivity index (χ0v) is 15.6. The predicted octanol–water partition coefficient (Wildman–Crippen LogP) is 3.31. The number of carbonyl (C=O) groups excluding carboxylic acids is 2. The number of hydrazine groups is 1. The standard InChI is InChI=1S/C18H15F6N5O2/c19-17(20,21)12-4-2-11(3-5-12)16(6-1-7-16)27-15-25-8-10(9-26-15)13(30)28-29-14(31)18(22,23)24/h2-5,8-9H,1,6-7H2,(H,28,30)(H,29,31)(H,25,26,27). The lowest BCUT2D eigenvalue weighted by molar-refractivity contribution is -0.174. The molecular formula is C18H15F6N5O2. The Hall–Kier alpha value is -3.38. The van der Waals surface area contributed by atoms with E-state index in [0.717, 1.165) is 30.9 Å². The van der Waals surface area contributed by atoms with Gasteiger partial charge >= 0.3 is 18.3 Å². The van der Waals surface area contributed by atoms with Crippen LogP contribution in [-0.4, -0.2) is 28.0 Å². The highest BCUT2D eigenvalue weighted by Gasteiger charge is 2.40. The van der Waals surface area contributed by atoms with E-state index in [-0.39, 0.29) is 11.5 Å². The molecule has 0 unspecified atom stereocenters. The molecule has 0 spiro atoms. The van der Waals surface area contributed by atoms with Crippen molar-refractivity contribution in [2.45, 2.75) is 37.2 Å². The van der Waals surface area contributed by atoms with Gasteiger partial charge in [0.25, 0.3) is 5.91 Å². The molecule has 2 amide bonds. The molecule has 1 fully saturated rings. The van der Waals surface area contributed by atoms with Gasteiger partial charge in [0.15, 0.2) is 0 Å². The third-order valence-electron chi connectivity index (χ3n) is 4.78. The molecule has 1 aromatic heterocycles. The second-order valence-electron chi connectivity index (χ2n) is 6.84. The smallest absolute Gasteiger partial charge is 0.345 e. The molecule has 3 rings (SSSR count). The first kappa shape index (κ1) is 22.3. The largest absolute Gasteiger partial charge is 0.472 e. The van der Waals surface area contributed by atoms with Crippen molar-refractivity contribution < 1.29 is 35.9 Å². The van der Waals surface area contributed by atoms with Gasteiger partial charge in [0, 0.05) is 12.4 Å². The minimum absolute atomic E-state index is 0.0791. The van der Waals surface area contributed by atoms with Crippen LogP contribution in [0.3, 0.4) is 0 Å². The highest BCUT2D eigenvalue weighted by molar-refractivity contribution is 5.95. The van der Waals surface area contributed by atoms with Gasteiger partial charge in [0.05, 0.1) is 16.7 Å². The number of alkyl halides is 6. The maximum Gasteiger partial charge on any atom is 0.472 e. The van der Waals surface area contributed by atoms with Crippen molar-refractivity contribution in [3.8, 4) is 0 Å². The molecule has 13 heteroatoms. The zero-order chi connectivity index (χ0) is 22.9. The SMILES string of the molecule is O=C(NNC(=O)C(F)(F)F)c1cnc(NC2(c3ccc(C(F)(F)F)cc3)CCC2)nc1. The maximum absolute atomic E-state index is 12.8. The number of anilines is 1. The second-order valence-corrected chi connectivity index (χ2v) is 6.84. The normalized spacial score (nSPS) is 15.5. The Morgan fingerprint density at radius 2 is 1.48 bits per heavy atom. The van der Waals surface area contributed by atoms with Gasteiger partial charge < -0.3 is 5.32 Å². The third-order valence-corrected chi connectivity index (χ3v) is 4.78. The summed E-state index contributed by atoms with van der Waals surface area (Å²) in [5.74, 6) is -3.33. The Morgan fingerprint density at radius 1 is 0.903 bits per heavy atom. The van der Waals surface area contributed by atoms with Crippen LogP contribution >= 0.6 is 0 Å². The van der Waals surface area contributed by atoms with Gasteiger partial charge in [-0.15, -0.1) is 0 Å². The van der Waals surface area contributed by atoms with Crippen molar-refractivity contribution in [3.05, 3.63) is 53.3 Å². The number of hydrogen-bond donors (Lipinski definition) is 3. The lowest BCUT2D eigenvalue weighted by Crippen LogP contribution is -2.47. The summed E-state index contributed by atoms with van der Waals surface area (Å²) in [5.41, 5.74) is 1.76. The maximum atomic E-state index is 12.8. The molecule has 31 heavy (non-hydrogen) atoms. The minimum Gasteiger partial charge on any atom is -0.345 e. The third kappa shape index (κ3) is 5.03. The van der Waals surface area contributed by atoms with Crippen LogP contribution in [0.4, 0.5) is 32.3 Å². The molecule has 166 valence electrons. The van der Waals surface area contributed by atoms with Gasteiger partial charge in [-0.2, -0.15) is 26.3 Å². The summed E-state index contributed by atoms with van der Waals surface area (Å²) in [5, 5.41) is 3.05. The zero-order valence-electron chi connectivity index (χ0n) is 15.6. The van der Waals surface area contributed by atoms with Crippen molar-refractivity contribution >= 4 is 17.8 Å². The number of nitrogens with one attached hydrogen (secondary N) is 3. The first-order chi connectivity index (χ1) is 14.4. The fraction of sp³-hybridized carbons (Fsp3) is 0.333. The summed E-state index contributed by atoms with van der Waals surface area (Å²) < 4.78 is 74.7. The summed E-state index contributed by atoms with van der Waals surface area (Å²) >= 11 is 0. The van der Waals surface area contributed by atoms with E-state index in [0.29, 0.717) is 18.4 Å². The Labute approximate surface area is 171 Å². The quantitative estimate of drug-likeness (QED) is 0.494. The van der Waals surface area contributed by atoms with Crippen LogP contribution in [0.5, 0.6) is 0 Å². The first-order valence-electron chi connectivity index (χ1n) is 8.86. The van der Waals surface area contributed by atoms with Crippen LogP contribution in [0, 0.1) is 0 Å². The molecule has 1 aromatic carbocycles. The van der Waals surface area contributed by atoms with Crippen LogP contribution in [0.25, 0.3) is 0 Å². The van der Waals surface area contributed by atoms with Gasteiger partial charge in [0.2, 0.25) is 5.95 Å². The van der Waals surface area contributed by atoms with E-state index < -0.39 is 35.3 Å². The van der Waals surface area contributed by atoms with Crippen molar-refractivity contribution in [1.29, 1.82) is 0 Å². The van der Waals surface area contributed by atoms with Crippen molar-refractivity contribution in [1.82, 2.24) is 20.8 Å². The Morgan fingerprint density at radius 3 is 1.94 bits per heavy atom. The molecule has 0 saturated heterocycles. The molecule has 0 bridgehead atoms. The van der Waals surface area contributed by atoms with Crippen molar-refractivity contribution in [3.63, 3.8) is 0 Å². The van der Waals surface area contributed by atoms with E-state index in [1.165, 1.54) is 17.6 Å². The van der Waals surface area contributed by atoms with Crippen LogP contribution in [-0.2, 0) is 16.5 Å². The Balaban J connectivity index is 1.67. The second kappa shape index (κ2) is 8.04. The molecule has 0 atom stereocenters. The number of halogens is 6. The summed E-state index contributed by atoms with van der Waals surface area (Å²) in [4.78, 5) is 30.3. The van der Waals surface area contributed by atoms with Crippen LogP contribution in [0.15, 0.2) is 36.7 Å². The van der Waals surface area contributed by atoms with E-state index in [2.05, 4.69) is 15.3 Å². The van der Waals surface area contributed by atoms with Gasteiger partial charge in [-0.1, -0.05) is 12.1 Å². The predicted molar refractivity (Wildman–Crippen MR) is 94.3 cm³/mol. The topological polar surface area (TPSA) is 96.0 Å². The fourth-order valence-corrected chi connectivity index (χ4v) is 2.97. The molecule has 2 aromatic rings. The van der Waals surface area contributed by atoms with Gasteiger partial charge in [-0.05, 0) is 37.0 Å².